The summed E-state index contributed by atoms with van der Waals surface area (Å²) in [4.78, 5) is 14.6. The highest BCUT2D eigenvalue weighted by molar-refractivity contribution is 5.84. The Morgan fingerprint density at radius 2 is 2.12 bits per heavy atom. The first kappa shape index (κ1) is 10.4. The number of H-pyrrole nitrogens is 1. The van der Waals surface area contributed by atoms with Gasteiger partial charge in [-0.2, -0.15) is 0 Å². The fourth-order valence-electron chi connectivity index (χ4n) is 2.41. The molecule has 1 N–H and O–H groups in total. The number of ether oxygens (including phenoxy) is 1. The van der Waals surface area contributed by atoms with Crippen molar-refractivity contribution in [2.45, 2.75) is 32.7 Å². The molecule has 1 aromatic carbocycles. The first-order chi connectivity index (χ1) is 7.98. The summed E-state index contributed by atoms with van der Waals surface area (Å²) in [7, 11) is 0. The summed E-state index contributed by atoms with van der Waals surface area (Å²) >= 11 is 0. The fourth-order valence-corrected chi connectivity index (χ4v) is 2.41. The highest BCUT2D eigenvalue weighted by Gasteiger charge is 2.25. The Balaban J connectivity index is 2.44. The normalized spacial score (nSPS) is 15.0. The smallest absolute Gasteiger partial charge is 0.326 e. The van der Waals surface area contributed by atoms with E-state index in [-0.39, 0.29) is 11.1 Å². The summed E-state index contributed by atoms with van der Waals surface area (Å²) in [6.07, 6.45) is 0. The second kappa shape index (κ2) is 3.15. The van der Waals surface area contributed by atoms with Crippen LogP contribution in [-0.2, 0) is 12.0 Å². The van der Waals surface area contributed by atoms with Crippen LogP contribution in [0.15, 0.2) is 16.9 Å². The molecule has 0 unspecified atom stereocenters. The van der Waals surface area contributed by atoms with Crippen LogP contribution in [-0.4, -0.2) is 16.2 Å². The largest absolute Gasteiger partial charge is 0.489 e. The molecule has 0 saturated heterocycles. The van der Waals surface area contributed by atoms with Crippen LogP contribution in [0.4, 0.5) is 0 Å². The lowest BCUT2D eigenvalue weighted by Gasteiger charge is -2.26. The lowest BCUT2D eigenvalue weighted by atomic mass is 9.86. The molecule has 1 aromatic heterocycles. The van der Waals surface area contributed by atoms with Crippen LogP contribution in [0, 0.1) is 0 Å². The Kier molecular flexibility index (Phi) is 1.94. The Morgan fingerprint density at radius 3 is 2.82 bits per heavy atom. The Morgan fingerprint density at radius 1 is 1.35 bits per heavy atom. The van der Waals surface area contributed by atoms with E-state index in [1.54, 1.807) is 4.57 Å². The van der Waals surface area contributed by atoms with E-state index in [0.717, 1.165) is 22.3 Å². The number of benzene rings is 1. The number of imidazole rings is 1. The van der Waals surface area contributed by atoms with Crippen LogP contribution < -0.4 is 10.4 Å². The molecular weight excluding hydrogens is 216 g/mol. The maximum absolute atomic E-state index is 11.8. The number of nitrogens with zero attached hydrogens (tertiary/aromatic N) is 1. The number of rotatable bonds is 0. The zero-order valence-electron chi connectivity index (χ0n) is 10.3. The Hall–Kier alpha value is -1.71. The first-order valence-electron chi connectivity index (χ1n) is 5.87. The van der Waals surface area contributed by atoms with Crippen LogP contribution in [0.1, 0.15) is 26.3 Å². The van der Waals surface area contributed by atoms with E-state index in [9.17, 15) is 4.79 Å². The molecular formula is C13H16N2O2. The minimum absolute atomic E-state index is 0.0129. The van der Waals surface area contributed by atoms with Crippen LogP contribution in [0.2, 0.25) is 0 Å². The van der Waals surface area contributed by atoms with Crippen LogP contribution in [0.3, 0.4) is 0 Å². The van der Waals surface area contributed by atoms with Crippen molar-refractivity contribution in [2.24, 2.45) is 0 Å². The third-order valence-electron chi connectivity index (χ3n) is 3.26. The molecule has 1 aliphatic rings. The molecule has 0 spiro atoms. The number of hydrogen-bond acceptors (Lipinski definition) is 2. The third-order valence-corrected chi connectivity index (χ3v) is 3.26. The molecule has 0 bridgehead atoms. The maximum Gasteiger partial charge on any atom is 0.326 e. The van der Waals surface area contributed by atoms with Gasteiger partial charge in [-0.05, 0) is 11.5 Å². The van der Waals surface area contributed by atoms with Crippen LogP contribution in [0.25, 0.3) is 11.0 Å². The van der Waals surface area contributed by atoms with E-state index in [1.807, 2.05) is 12.1 Å². The van der Waals surface area contributed by atoms with Crippen molar-refractivity contribution in [3.05, 3.63) is 28.2 Å². The molecule has 3 rings (SSSR count). The van der Waals surface area contributed by atoms with Crippen molar-refractivity contribution in [1.29, 1.82) is 0 Å². The van der Waals surface area contributed by atoms with Crippen molar-refractivity contribution in [3.63, 3.8) is 0 Å². The molecule has 4 nitrogen and oxygen atoms in total. The molecule has 90 valence electrons. The minimum Gasteiger partial charge on any atom is -0.489 e. The molecule has 0 amide bonds. The average molecular weight is 232 g/mol. The quantitative estimate of drug-likeness (QED) is 0.755. The van der Waals surface area contributed by atoms with Crippen molar-refractivity contribution < 1.29 is 4.74 Å². The zero-order chi connectivity index (χ0) is 12.2. The fraction of sp³-hybridized carbons (Fsp3) is 0.462. The highest BCUT2D eigenvalue weighted by atomic mass is 16.5. The number of aromatic amines is 1. The Bertz CT molecular complexity index is 644. The average Bonchev–Trinajstić information content (AvgIpc) is 2.57. The van der Waals surface area contributed by atoms with Gasteiger partial charge in [0.2, 0.25) is 0 Å². The van der Waals surface area contributed by atoms with Crippen molar-refractivity contribution in [1.82, 2.24) is 9.55 Å². The van der Waals surface area contributed by atoms with E-state index in [0.29, 0.717) is 13.2 Å². The van der Waals surface area contributed by atoms with E-state index >= 15 is 0 Å². The molecule has 4 heteroatoms. The molecule has 0 saturated carbocycles. The molecule has 0 aliphatic carbocycles. The zero-order valence-corrected chi connectivity index (χ0v) is 10.3. The molecule has 1 aliphatic heterocycles. The molecule has 0 atom stereocenters. The van der Waals surface area contributed by atoms with Gasteiger partial charge in [-0.1, -0.05) is 26.8 Å². The van der Waals surface area contributed by atoms with E-state index in [2.05, 4.69) is 25.8 Å². The number of aromatic nitrogens is 2. The van der Waals surface area contributed by atoms with Gasteiger partial charge in [0.15, 0.2) is 0 Å². The predicted octanol–water partition coefficient (Wildman–Crippen LogP) is 2.02. The van der Waals surface area contributed by atoms with Gasteiger partial charge in [0, 0.05) is 5.56 Å². The SMILES string of the molecule is CC(C)(C)c1ccc2[nH]c(=O)n3c2c1OCC3. The summed E-state index contributed by atoms with van der Waals surface area (Å²) in [5, 5.41) is 0. The van der Waals surface area contributed by atoms with E-state index < -0.39 is 0 Å². The van der Waals surface area contributed by atoms with E-state index in [4.69, 9.17) is 4.74 Å². The summed E-state index contributed by atoms with van der Waals surface area (Å²) < 4.78 is 7.55. The van der Waals surface area contributed by atoms with Crippen LogP contribution in [0.5, 0.6) is 5.75 Å². The summed E-state index contributed by atoms with van der Waals surface area (Å²) in [5.74, 6) is 0.861. The minimum atomic E-state index is -0.0457. The van der Waals surface area contributed by atoms with Gasteiger partial charge in [0.1, 0.15) is 17.9 Å². The highest BCUT2D eigenvalue weighted by Crippen LogP contribution is 2.37. The second-order valence-corrected chi connectivity index (χ2v) is 5.52. The van der Waals surface area contributed by atoms with Gasteiger partial charge in [-0.25, -0.2) is 4.79 Å². The van der Waals surface area contributed by atoms with Gasteiger partial charge in [-0.3, -0.25) is 4.57 Å². The van der Waals surface area contributed by atoms with Crippen molar-refractivity contribution in [2.75, 3.05) is 6.61 Å². The van der Waals surface area contributed by atoms with Gasteiger partial charge < -0.3 is 9.72 Å². The van der Waals surface area contributed by atoms with Crippen molar-refractivity contribution in [3.8, 4) is 5.75 Å². The molecule has 0 radical (unpaired) electrons. The standard InChI is InChI=1S/C13H16N2O2/c1-13(2,3)8-4-5-9-10-11(8)17-7-6-15(10)12(16)14-9/h4-5H,6-7H2,1-3H3,(H,14,16). The Labute approximate surface area is 99.2 Å². The second-order valence-electron chi connectivity index (χ2n) is 5.52. The lowest BCUT2D eigenvalue weighted by Crippen LogP contribution is -2.25. The third kappa shape index (κ3) is 1.40. The monoisotopic (exact) mass is 232 g/mol. The lowest BCUT2D eigenvalue weighted by molar-refractivity contribution is 0.277. The van der Waals surface area contributed by atoms with Gasteiger partial charge in [0.25, 0.3) is 0 Å². The summed E-state index contributed by atoms with van der Waals surface area (Å²) in [6, 6.07) is 4.01. The summed E-state index contributed by atoms with van der Waals surface area (Å²) in [5.41, 5.74) is 2.89. The number of nitrogens with one attached hydrogen (secondary N) is 1. The molecule has 17 heavy (non-hydrogen) atoms. The molecule has 0 fully saturated rings. The maximum atomic E-state index is 11.8. The number of hydrogen-bond donors (Lipinski definition) is 1. The molecule has 2 aromatic rings. The van der Waals surface area contributed by atoms with Gasteiger partial charge in [0.05, 0.1) is 12.1 Å². The van der Waals surface area contributed by atoms with E-state index in [1.165, 1.54) is 0 Å². The predicted molar refractivity (Wildman–Crippen MR) is 66.8 cm³/mol. The van der Waals surface area contributed by atoms with Gasteiger partial charge in [-0.15, -0.1) is 0 Å². The van der Waals surface area contributed by atoms with Crippen LogP contribution >= 0.6 is 0 Å². The molecule has 2 heterocycles. The van der Waals surface area contributed by atoms with Crippen molar-refractivity contribution >= 4 is 11.0 Å². The summed E-state index contributed by atoms with van der Waals surface area (Å²) in [6.45, 7) is 7.64. The van der Waals surface area contributed by atoms with Gasteiger partial charge >= 0.3 is 5.69 Å². The first-order valence-corrected chi connectivity index (χ1v) is 5.87. The topological polar surface area (TPSA) is 47.0 Å².